The summed E-state index contributed by atoms with van der Waals surface area (Å²) in [7, 11) is 5.72. The van der Waals surface area contributed by atoms with Crippen LogP contribution in [0.5, 0.6) is 11.5 Å². The second-order valence-corrected chi connectivity index (χ2v) is 10.2. The Hall–Kier alpha value is -4.04. The first-order chi connectivity index (χ1) is 18.7. The molecule has 0 saturated carbocycles. The number of para-hydroxylation sites is 1. The lowest BCUT2D eigenvalue weighted by Crippen LogP contribution is -2.44. The van der Waals surface area contributed by atoms with E-state index in [0.29, 0.717) is 17.9 Å². The van der Waals surface area contributed by atoms with Gasteiger partial charge < -0.3 is 29.9 Å². The van der Waals surface area contributed by atoms with Crippen LogP contribution < -0.4 is 20.1 Å². The van der Waals surface area contributed by atoms with Crippen LogP contribution in [-0.4, -0.2) is 55.9 Å². The van der Waals surface area contributed by atoms with Crippen molar-refractivity contribution in [1.29, 1.82) is 0 Å². The summed E-state index contributed by atoms with van der Waals surface area (Å²) >= 11 is 0. The molecule has 2 amide bonds. The van der Waals surface area contributed by atoms with E-state index in [9.17, 15) is 9.59 Å². The van der Waals surface area contributed by atoms with Crippen molar-refractivity contribution in [3.05, 3.63) is 82.4 Å². The van der Waals surface area contributed by atoms with Crippen molar-refractivity contribution >= 4 is 23.2 Å². The van der Waals surface area contributed by atoms with Crippen LogP contribution in [0.2, 0.25) is 0 Å². The summed E-state index contributed by atoms with van der Waals surface area (Å²) in [6, 6.07) is 17.4. The first kappa shape index (κ1) is 28.0. The molecule has 206 valence electrons. The lowest BCUT2D eigenvalue weighted by molar-refractivity contribution is -0.114. The van der Waals surface area contributed by atoms with E-state index >= 15 is 0 Å². The largest absolute Gasteiger partial charge is 0.496 e. The zero-order valence-corrected chi connectivity index (χ0v) is 23.6. The summed E-state index contributed by atoms with van der Waals surface area (Å²) in [5.74, 6) is 1.39. The van der Waals surface area contributed by atoms with E-state index in [0.717, 1.165) is 52.3 Å². The molecule has 1 heterocycles. The minimum atomic E-state index is -0.320. The Labute approximate surface area is 230 Å². The summed E-state index contributed by atoms with van der Waals surface area (Å²) in [5, 5.41) is 6.41. The summed E-state index contributed by atoms with van der Waals surface area (Å²) in [6.45, 7) is 7.21. The first-order valence-corrected chi connectivity index (χ1v) is 13.2. The summed E-state index contributed by atoms with van der Waals surface area (Å²) < 4.78 is 12.0. The molecule has 1 aliphatic rings. The van der Waals surface area contributed by atoms with Crippen LogP contribution in [0.4, 0.5) is 11.4 Å². The minimum Gasteiger partial charge on any atom is -0.496 e. The number of benzene rings is 3. The van der Waals surface area contributed by atoms with Crippen LogP contribution in [0, 0.1) is 13.8 Å². The molecule has 1 aliphatic heterocycles. The SMILES string of the molecule is COc1ccc(C2Nc3ccccc3C(=O)N2CCCN(C)C)cc1COc1c(C)cc(NC(C)=O)cc1C. The van der Waals surface area contributed by atoms with Crippen molar-refractivity contribution in [2.24, 2.45) is 0 Å². The van der Waals surface area contributed by atoms with Gasteiger partial charge in [0.2, 0.25) is 5.91 Å². The first-order valence-electron chi connectivity index (χ1n) is 13.2. The maximum absolute atomic E-state index is 13.6. The topological polar surface area (TPSA) is 83.1 Å². The number of methoxy groups -OCH3 is 1. The molecule has 39 heavy (non-hydrogen) atoms. The van der Waals surface area contributed by atoms with Gasteiger partial charge in [0.1, 0.15) is 24.3 Å². The number of aryl methyl sites for hydroxylation is 2. The van der Waals surface area contributed by atoms with Crippen LogP contribution >= 0.6 is 0 Å². The van der Waals surface area contributed by atoms with Gasteiger partial charge >= 0.3 is 0 Å². The second-order valence-electron chi connectivity index (χ2n) is 10.2. The molecule has 0 fully saturated rings. The molecule has 0 aromatic heterocycles. The number of carbonyl (C=O) groups excluding carboxylic acids is 2. The zero-order valence-electron chi connectivity index (χ0n) is 23.6. The van der Waals surface area contributed by atoms with Gasteiger partial charge in [0.15, 0.2) is 0 Å². The van der Waals surface area contributed by atoms with Crippen molar-refractivity contribution in [1.82, 2.24) is 9.80 Å². The highest BCUT2D eigenvalue weighted by Crippen LogP contribution is 2.35. The van der Waals surface area contributed by atoms with Gasteiger partial charge in [-0.15, -0.1) is 0 Å². The third-order valence-electron chi connectivity index (χ3n) is 6.80. The molecule has 0 saturated heterocycles. The molecular formula is C31H38N4O4. The average molecular weight is 531 g/mol. The number of carbonyl (C=O) groups is 2. The number of anilines is 2. The van der Waals surface area contributed by atoms with E-state index in [-0.39, 0.29) is 24.6 Å². The molecule has 8 nitrogen and oxygen atoms in total. The Kier molecular flexibility index (Phi) is 8.76. The second kappa shape index (κ2) is 12.2. The normalized spacial score (nSPS) is 14.6. The van der Waals surface area contributed by atoms with E-state index in [2.05, 4.69) is 15.5 Å². The number of nitrogens with one attached hydrogen (secondary N) is 2. The van der Waals surface area contributed by atoms with Gasteiger partial charge in [-0.25, -0.2) is 0 Å². The van der Waals surface area contributed by atoms with E-state index in [1.165, 1.54) is 6.92 Å². The standard InChI is InChI=1S/C31H38N4O4/c1-20-16-25(32-22(3)36)17-21(2)29(20)39-19-24-18-23(12-13-28(24)38-6)30-33-27-11-8-7-10-26(27)31(37)35(30)15-9-14-34(4)5/h7-8,10-13,16-18,30,33H,9,14-15,19H2,1-6H3,(H,32,36). The van der Waals surface area contributed by atoms with Crippen molar-refractivity contribution in [2.45, 2.75) is 40.0 Å². The highest BCUT2D eigenvalue weighted by molar-refractivity contribution is 6.01. The fraction of sp³-hybridized carbons (Fsp3) is 0.355. The van der Waals surface area contributed by atoms with Crippen molar-refractivity contribution in [3.63, 3.8) is 0 Å². The Morgan fingerprint density at radius 3 is 2.46 bits per heavy atom. The number of ether oxygens (including phenoxy) is 2. The number of hydrogen-bond donors (Lipinski definition) is 2. The Bertz CT molecular complexity index is 1330. The van der Waals surface area contributed by atoms with E-state index in [1.807, 2.05) is 87.4 Å². The lowest BCUT2D eigenvalue weighted by atomic mass is 10.0. The van der Waals surface area contributed by atoms with Gasteiger partial charge in [0.05, 0.1) is 12.7 Å². The van der Waals surface area contributed by atoms with Gasteiger partial charge in [-0.2, -0.15) is 0 Å². The van der Waals surface area contributed by atoms with Gasteiger partial charge in [0, 0.05) is 30.4 Å². The lowest BCUT2D eigenvalue weighted by Gasteiger charge is -2.38. The number of amides is 2. The fourth-order valence-electron chi connectivity index (χ4n) is 5.03. The summed E-state index contributed by atoms with van der Waals surface area (Å²) in [4.78, 5) is 29.1. The van der Waals surface area contributed by atoms with Crippen molar-refractivity contribution < 1.29 is 19.1 Å². The molecule has 3 aromatic rings. The Morgan fingerprint density at radius 1 is 1.08 bits per heavy atom. The van der Waals surface area contributed by atoms with Crippen molar-refractivity contribution in [2.75, 3.05) is 44.9 Å². The van der Waals surface area contributed by atoms with Gasteiger partial charge in [-0.05, 0) is 94.0 Å². The predicted octanol–water partition coefficient (Wildman–Crippen LogP) is 5.37. The van der Waals surface area contributed by atoms with Crippen LogP contribution in [0.25, 0.3) is 0 Å². The fourth-order valence-corrected chi connectivity index (χ4v) is 5.03. The highest BCUT2D eigenvalue weighted by atomic mass is 16.5. The molecule has 1 unspecified atom stereocenters. The van der Waals surface area contributed by atoms with Crippen LogP contribution in [-0.2, 0) is 11.4 Å². The molecule has 0 bridgehead atoms. The van der Waals surface area contributed by atoms with E-state index in [1.54, 1.807) is 7.11 Å². The molecular weight excluding hydrogens is 492 g/mol. The monoisotopic (exact) mass is 530 g/mol. The quantitative estimate of drug-likeness (QED) is 0.367. The minimum absolute atomic E-state index is 0.0206. The van der Waals surface area contributed by atoms with Gasteiger partial charge in [0.25, 0.3) is 5.91 Å². The Balaban J connectivity index is 1.62. The number of hydrogen-bond acceptors (Lipinski definition) is 6. The number of nitrogens with zero attached hydrogens (tertiary/aromatic N) is 2. The molecule has 8 heteroatoms. The van der Waals surface area contributed by atoms with E-state index < -0.39 is 0 Å². The third-order valence-corrected chi connectivity index (χ3v) is 6.80. The smallest absolute Gasteiger partial charge is 0.257 e. The average Bonchev–Trinajstić information content (AvgIpc) is 2.88. The molecule has 1 atom stereocenters. The van der Waals surface area contributed by atoms with Crippen molar-refractivity contribution in [3.8, 4) is 11.5 Å². The summed E-state index contributed by atoms with van der Waals surface area (Å²) in [6.07, 6.45) is 0.540. The molecule has 3 aromatic carbocycles. The summed E-state index contributed by atoms with van der Waals surface area (Å²) in [5.41, 5.74) is 5.94. The van der Waals surface area contributed by atoms with Gasteiger partial charge in [-0.3, -0.25) is 9.59 Å². The number of fused-ring (bicyclic) bond motifs is 1. The molecule has 2 N–H and O–H groups in total. The Morgan fingerprint density at radius 2 is 1.79 bits per heavy atom. The number of rotatable bonds is 10. The van der Waals surface area contributed by atoms with E-state index in [4.69, 9.17) is 9.47 Å². The van der Waals surface area contributed by atoms with Gasteiger partial charge in [-0.1, -0.05) is 18.2 Å². The molecule has 0 spiro atoms. The third kappa shape index (κ3) is 6.52. The highest BCUT2D eigenvalue weighted by Gasteiger charge is 2.32. The van der Waals surface area contributed by atoms with Crippen LogP contribution in [0.1, 0.15) is 52.1 Å². The molecule has 0 aliphatic carbocycles. The maximum Gasteiger partial charge on any atom is 0.257 e. The maximum atomic E-state index is 13.6. The predicted molar refractivity (Wildman–Crippen MR) is 155 cm³/mol. The molecule has 0 radical (unpaired) electrons. The molecule has 4 rings (SSSR count). The van der Waals surface area contributed by atoms with Crippen LogP contribution in [0.15, 0.2) is 54.6 Å². The van der Waals surface area contributed by atoms with Crippen LogP contribution in [0.3, 0.4) is 0 Å². The zero-order chi connectivity index (χ0) is 28.1.